The molecule has 0 N–H and O–H groups in total. The van der Waals surface area contributed by atoms with E-state index in [1.54, 1.807) is 0 Å². The van der Waals surface area contributed by atoms with Gasteiger partial charge in [0.15, 0.2) is 0 Å². The van der Waals surface area contributed by atoms with Crippen molar-refractivity contribution in [3.63, 3.8) is 0 Å². The van der Waals surface area contributed by atoms with Crippen LogP contribution in [-0.4, -0.2) is 13.9 Å². The average Bonchev–Trinajstić information content (AvgIpc) is 1.99. The smallest absolute Gasteiger partial charge is 0.214 e. The Hall–Kier alpha value is -0.0800. The molecule has 0 aromatic heterocycles. The van der Waals surface area contributed by atoms with E-state index in [1.807, 2.05) is 0 Å². The SMILES string of the molecule is O=S(=O)(c1cc(Br)[c]c(Br)c1)C(F)(F)F. The summed E-state index contributed by atoms with van der Waals surface area (Å²) >= 11 is 5.71. The molecule has 1 aromatic carbocycles. The fourth-order valence-corrected chi connectivity index (χ4v) is 3.07. The zero-order chi connectivity index (χ0) is 11.9. The van der Waals surface area contributed by atoms with Gasteiger partial charge in [0, 0.05) is 15.0 Å². The van der Waals surface area contributed by atoms with Crippen molar-refractivity contribution in [3.05, 3.63) is 27.1 Å². The fraction of sp³-hybridized carbons (Fsp3) is 0.143. The van der Waals surface area contributed by atoms with Crippen LogP contribution in [0, 0.1) is 6.07 Å². The quantitative estimate of drug-likeness (QED) is 0.764. The van der Waals surface area contributed by atoms with Crippen LogP contribution in [0.2, 0.25) is 0 Å². The van der Waals surface area contributed by atoms with Crippen LogP contribution in [0.4, 0.5) is 13.2 Å². The highest BCUT2D eigenvalue weighted by Crippen LogP contribution is 2.32. The lowest BCUT2D eigenvalue weighted by atomic mass is 10.4. The lowest BCUT2D eigenvalue weighted by Gasteiger charge is -2.08. The third-order valence-corrected chi connectivity index (χ3v) is 3.71. The van der Waals surface area contributed by atoms with Gasteiger partial charge in [-0.25, -0.2) is 8.42 Å². The van der Waals surface area contributed by atoms with Gasteiger partial charge >= 0.3 is 5.51 Å². The standard InChI is InChI=1S/C7H2Br2F3O2S/c8-4-1-5(9)3-6(2-4)15(13,14)7(10,11)12/h2-3H. The van der Waals surface area contributed by atoms with Crippen molar-refractivity contribution in [1.82, 2.24) is 0 Å². The van der Waals surface area contributed by atoms with E-state index >= 15 is 0 Å². The van der Waals surface area contributed by atoms with Crippen LogP contribution in [0.15, 0.2) is 26.0 Å². The number of hydrogen-bond acceptors (Lipinski definition) is 2. The summed E-state index contributed by atoms with van der Waals surface area (Å²) in [7, 11) is -5.30. The summed E-state index contributed by atoms with van der Waals surface area (Å²) in [5.74, 6) is 0. The lowest BCUT2D eigenvalue weighted by molar-refractivity contribution is -0.0436. The molecule has 0 atom stereocenters. The lowest BCUT2D eigenvalue weighted by Crippen LogP contribution is -2.23. The van der Waals surface area contributed by atoms with Crippen molar-refractivity contribution < 1.29 is 21.6 Å². The van der Waals surface area contributed by atoms with Crippen LogP contribution in [0.25, 0.3) is 0 Å². The molecule has 0 aliphatic heterocycles. The number of rotatable bonds is 1. The topological polar surface area (TPSA) is 34.1 Å². The molecule has 1 aromatic rings. The molecule has 0 saturated heterocycles. The van der Waals surface area contributed by atoms with Gasteiger partial charge in [-0.15, -0.1) is 0 Å². The van der Waals surface area contributed by atoms with Crippen molar-refractivity contribution in [2.24, 2.45) is 0 Å². The van der Waals surface area contributed by atoms with E-state index < -0.39 is 20.2 Å². The summed E-state index contributed by atoms with van der Waals surface area (Å²) in [6, 6.07) is 4.22. The molecule has 0 heterocycles. The largest absolute Gasteiger partial charge is 0.501 e. The fourth-order valence-electron chi connectivity index (χ4n) is 0.766. The van der Waals surface area contributed by atoms with Gasteiger partial charge in [-0.3, -0.25) is 0 Å². The van der Waals surface area contributed by atoms with E-state index in [4.69, 9.17) is 0 Å². The van der Waals surface area contributed by atoms with Crippen molar-refractivity contribution in [2.75, 3.05) is 0 Å². The van der Waals surface area contributed by atoms with Gasteiger partial charge in [-0.05, 0) is 12.1 Å². The predicted molar refractivity (Wildman–Crippen MR) is 53.9 cm³/mol. The molecular formula is C7H2Br2F3O2S. The number of hydrogen-bond donors (Lipinski definition) is 0. The van der Waals surface area contributed by atoms with Crippen molar-refractivity contribution >= 4 is 41.7 Å². The zero-order valence-electron chi connectivity index (χ0n) is 6.77. The van der Waals surface area contributed by atoms with Crippen LogP contribution in [0.1, 0.15) is 0 Å². The molecular weight excluding hydrogens is 365 g/mol. The van der Waals surface area contributed by atoms with E-state index in [0.29, 0.717) is 0 Å². The molecule has 2 nitrogen and oxygen atoms in total. The summed E-state index contributed by atoms with van der Waals surface area (Å²) in [6.07, 6.45) is 0. The number of benzene rings is 1. The summed E-state index contributed by atoms with van der Waals surface area (Å²) in [5, 5.41) is 0. The van der Waals surface area contributed by atoms with E-state index in [9.17, 15) is 21.6 Å². The first kappa shape index (κ1) is 13.0. The Morgan fingerprint density at radius 3 is 1.87 bits per heavy atom. The van der Waals surface area contributed by atoms with Crippen LogP contribution < -0.4 is 0 Å². The molecule has 0 fully saturated rings. The molecule has 8 heteroatoms. The van der Waals surface area contributed by atoms with Crippen LogP contribution in [-0.2, 0) is 9.84 Å². The average molecular weight is 367 g/mol. The summed E-state index contributed by atoms with van der Waals surface area (Å²) in [5.41, 5.74) is -5.30. The molecule has 0 spiro atoms. The summed E-state index contributed by atoms with van der Waals surface area (Å²) < 4.78 is 58.7. The Morgan fingerprint density at radius 1 is 1.13 bits per heavy atom. The summed E-state index contributed by atoms with van der Waals surface area (Å²) in [4.78, 5) is -0.826. The highest BCUT2D eigenvalue weighted by molar-refractivity contribution is 9.11. The molecule has 0 aliphatic carbocycles. The molecule has 0 aliphatic rings. The first-order chi connectivity index (χ1) is 6.64. The van der Waals surface area contributed by atoms with Crippen molar-refractivity contribution in [2.45, 2.75) is 10.4 Å². The first-order valence-corrected chi connectivity index (χ1v) is 6.41. The van der Waals surface area contributed by atoms with Gasteiger partial charge in [0.2, 0.25) is 0 Å². The Morgan fingerprint density at radius 2 is 1.53 bits per heavy atom. The minimum atomic E-state index is -5.30. The maximum Gasteiger partial charge on any atom is 0.501 e. The van der Waals surface area contributed by atoms with E-state index in [1.165, 1.54) is 0 Å². The van der Waals surface area contributed by atoms with Gasteiger partial charge in [0.05, 0.1) is 4.90 Å². The van der Waals surface area contributed by atoms with Crippen molar-refractivity contribution in [3.8, 4) is 0 Å². The minimum Gasteiger partial charge on any atom is -0.214 e. The molecule has 15 heavy (non-hydrogen) atoms. The molecule has 0 saturated carbocycles. The molecule has 0 amide bonds. The van der Waals surface area contributed by atoms with Gasteiger partial charge in [-0.2, -0.15) is 13.2 Å². The summed E-state index contributed by atoms with van der Waals surface area (Å²) in [6.45, 7) is 0. The monoisotopic (exact) mass is 365 g/mol. The molecule has 0 bridgehead atoms. The second-order valence-electron chi connectivity index (χ2n) is 2.46. The number of halogens is 5. The molecule has 1 radical (unpaired) electrons. The van der Waals surface area contributed by atoms with Gasteiger partial charge in [-0.1, -0.05) is 31.9 Å². The highest BCUT2D eigenvalue weighted by atomic mass is 79.9. The van der Waals surface area contributed by atoms with Gasteiger partial charge in [0.25, 0.3) is 9.84 Å². The highest BCUT2D eigenvalue weighted by Gasteiger charge is 2.47. The Bertz CT molecular complexity index is 461. The van der Waals surface area contributed by atoms with Crippen LogP contribution in [0.5, 0.6) is 0 Å². The molecule has 83 valence electrons. The van der Waals surface area contributed by atoms with Crippen molar-refractivity contribution in [1.29, 1.82) is 0 Å². The van der Waals surface area contributed by atoms with Crippen LogP contribution >= 0.6 is 31.9 Å². The number of alkyl halides is 3. The van der Waals surface area contributed by atoms with E-state index in [2.05, 4.69) is 37.9 Å². The van der Waals surface area contributed by atoms with Gasteiger partial charge < -0.3 is 0 Å². The third-order valence-electron chi connectivity index (χ3n) is 1.39. The maximum absolute atomic E-state index is 12.2. The molecule has 0 unspecified atom stereocenters. The maximum atomic E-state index is 12.2. The normalized spacial score (nSPS) is 12.9. The van der Waals surface area contributed by atoms with E-state index in [-0.39, 0.29) is 8.95 Å². The Labute approximate surface area is 101 Å². The zero-order valence-corrected chi connectivity index (χ0v) is 10.8. The molecule has 1 rings (SSSR count). The number of sulfone groups is 1. The second-order valence-corrected chi connectivity index (χ2v) is 6.11. The Balaban J connectivity index is 3.41. The van der Waals surface area contributed by atoms with E-state index in [0.717, 1.165) is 12.1 Å². The van der Waals surface area contributed by atoms with Crippen LogP contribution in [0.3, 0.4) is 0 Å². The Kier molecular flexibility index (Phi) is 3.52. The second kappa shape index (κ2) is 4.06. The van der Waals surface area contributed by atoms with Gasteiger partial charge in [0.1, 0.15) is 0 Å². The minimum absolute atomic E-state index is 0.125. The predicted octanol–water partition coefficient (Wildman–Crippen LogP) is 3.31. The first-order valence-electron chi connectivity index (χ1n) is 3.34. The third kappa shape index (κ3) is 2.73.